The first-order chi connectivity index (χ1) is 8.90. The van der Waals surface area contributed by atoms with Gasteiger partial charge in [0.15, 0.2) is 0 Å². The molecule has 0 fully saturated rings. The molecule has 6 heteroatoms. The monoisotopic (exact) mass is 281 g/mol. The number of benzene rings is 1. The standard InChI is InChI=1S/C13H13ClFN3O/c1-7-12(8(2)18(3)17-7)13(19)16-11-5-4-9(14)6-10(11)15/h4-6H,1-3H3,(H,16,19). The molecule has 0 aliphatic rings. The Labute approximate surface area is 115 Å². The molecule has 1 aromatic heterocycles. The van der Waals surface area contributed by atoms with Gasteiger partial charge in [-0.1, -0.05) is 11.6 Å². The molecule has 0 aliphatic carbocycles. The number of nitrogens with one attached hydrogen (secondary N) is 1. The smallest absolute Gasteiger partial charge is 0.259 e. The van der Waals surface area contributed by atoms with E-state index in [4.69, 9.17) is 11.6 Å². The average Bonchev–Trinajstić information content (AvgIpc) is 2.57. The lowest BCUT2D eigenvalue weighted by Crippen LogP contribution is -2.15. The normalized spacial score (nSPS) is 10.6. The molecule has 0 aliphatic heterocycles. The molecular weight excluding hydrogens is 269 g/mol. The Morgan fingerprint density at radius 3 is 2.63 bits per heavy atom. The van der Waals surface area contributed by atoms with Crippen LogP contribution in [-0.2, 0) is 7.05 Å². The van der Waals surface area contributed by atoms with Gasteiger partial charge in [-0.3, -0.25) is 9.48 Å². The summed E-state index contributed by atoms with van der Waals surface area (Å²) >= 11 is 5.66. The number of hydrogen-bond acceptors (Lipinski definition) is 2. The zero-order chi connectivity index (χ0) is 14.2. The Bertz CT molecular complexity index is 652. The number of anilines is 1. The number of rotatable bonds is 2. The molecule has 1 aromatic carbocycles. The number of amides is 1. The molecule has 0 saturated heterocycles. The van der Waals surface area contributed by atoms with Crippen molar-refractivity contribution in [3.05, 3.63) is 46.0 Å². The van der Waals surface area contributed by atoms with Gasteiger partial charge in [0.2, 0.25) is 0 Å². The molecule has 0 saturated carbocycles. The number of aromatic nitrogens is 2. The summed E-state index contributed by atoms with van der Waals surface area (Å²) in [6, 6.07) is 4.10. The first kappa shape index (κ1) is 13.5. The van der Waals surface area contributed by atoms with Gasteiger partial charge in [0.05, 0.1) is 16.9 Å². The number of halogens is 2. The fourth-order valence-corrected chi connectivity index (χ4v) is 2.04. The molecule has 2 aromatic rings. The molecule has 1 amide bonds. The lowest BCUT2D eigenvalue weighted by atomic mass is 10.2. The highest BCUT2D eigenvalue weighted by Crippen LogP contribution is 2.21. The molecule has 19 heavy (non-hydrogen) atoms. The fourth-order valence-electron chi connectivity index (χ4n) is 1.88. The SMILES string of the molecule is Cc1nn(C)c(C)c1C(=O)Nc1ccc(Cl)cc1F. The van der Waals surface area contributed by atoms with Gasteiger partial charge in [0.25, 0.3) is 5.91 Å². The van der Waals surface area contributed by atoms with Crippen LogP contribution < -0.4 is 5.32 Å². The second kappa shape index (κ2) is 5.01. The second-order valence-electron chi connectivity index (χ2n) is 4.25. The highest BCUT2D eigenvalue weighted by atomic mass is 35.5. The van der Waals surface area contributed by atoms with Crippen molar-refractivity contribution in [2.75, 3.05) is 5.32 Å². The zero-order valence-corrected chi connectivity index (χ0v) is 11.5. The van der Waals surface area contributed by atoms with Crippen LogP contribution in [0, 0.1) is 19.7 Å². The van der Waals surface area contributed by atoms with E-state index in [1.54, 1.807) is 25.6 Å². The van der Waals surface area contributed by atoms with Crippen molar-refractivity contribution < 1.29 is 9.18 Å². The minimum atomic E-state index is -0.569. The van der Waals surface area contributed by atoms with Gasteiger partial charge in [-0.15, -0.1) is 0 Å². The summed E-state index contributed by atoms with van der Waals surface area (Å²) in [4.78, 5) is 12.1. The molecule has 1 N–H and O–H groups in total. The third kappa shape index (κ3) is 2.61. The molecule has 0 radical (unpaired) electrons. The van der Waals surface area contributed by atoms with Gasteiger partial charge in [-0.25, -0.2) is 4.39 Å². The van der Waals surface area contributed by atoms with E-state index in [-0.39, 0.29) is 16.6 Å². The molecule has 0 unspecified atom stereocenters. The summed E-state index contributed by atoms with van der Waals surface area (Å²) in [6.07, 6.45) is 0. The largest absolute Gasteiger partial charge is 0.319 e. The Hall–Kier alpha value is -1.88. The summed E-state index contributed by atoms with van der Waals surface area (Å²) in [5, 5.41) is 6.96. The molecule has 2 rings (SSSR count). The average molecular weight is 282 g/mol. The predicted octanol–water partition coefficient (Wildman–Crippen LogP) is 3.08. The Morgan fingerprint density at radius 2 is 2.11 bits per heavy atom. The number of aryl methyl sites for hydroxylation is 2. The molecule has 100 valence electrons. The number of carbonyl (C=O) groups is 1. The molecular formula is C13H13ClFN3O. The second-order valence-corrected chi connectivity index (χ2v) is 4.68. The van der Waals surface area contributed by atoms with E-state index in [2.05, 4.69) is 10.4 Å². The number of hydrogen-bond donors (Lipinski definition) is 1. The lowest BCUT2D eigenvalue weighted by molar-refractivity contribution is 0.102. The van der Waals surface area contributed by atoms with Crippen LogP contribution in [-0.4, -0.2) is 15.7 Å². The summed E-state index contributed by atoms with van der Waals surface area (Å²) in [5.41, 5.74) is 1.88. The summed E-state index contributed by atoms with van der Waals surface area (Å²) in [5.74, 6) is -0.954. The minimum Gasteiger partial charge on any atom is -0.319 e. The van der Waals surface area contributed by atoms with E-state index in [0.29, 0.717) is 11.3 Å². The van der Waals surface area contributed by atoms with Gasteiger partial charge >= 0.3 is 0 Å². The van der Waals surface area contributed by atoms with E-state index < -0.39 is 5.82 Å². The summed E-state index contributed by atoms with van der Waals surface area (Å²) in [7, 11) is 1.75. The number of nitrogens with zero attached hydrogens (tertiary/aromatic N) is 2. The third-order valence-electron chi connectivity index (χ3n) is 2.92. The fraction of sp³-hybridized carbons (Fsp3) is 0.231. The van der Waals surface area contributed by atoms with Gasteiger partial charge in [0, 0.05) is 17.8 Å². The van der Waals surface area contributed by atoms with Gasteiger partial charge in [-0.2, -0.15) is 5.10 Å². The van der Waals surface area contributed by atoms with Crippen LogP contribution in [0.2, 0.25) is 5.02 Å². The highest BCUT2D eigenvalue weighted by Gasteiger charge is 2.18. The van der Waals surface area contributed by atoms with Crippen LogP contribution in [0.3, 0.4) is 0 Å². The zero-order valence-electron chi connectivity index (χ0n) is 10.8. The van der Waals surface area contributed by atoms with Crippen molar-refractivity contribution in [3.8, 4) is 0 Å². The van der Waals surface area contributed by atoms with Crippen LogP contribution in [0.25, 0.3) is 0 Å². The van der Waals surface area contributed by atoms with E-state index in [9.17, 15) is 9.18 Å². The topological polar surface area (TPSA) is 46.9 Å². The molecule has 0 bridgehead atoms. The maximum Gasteiger partial charge on any atom is 0.259 e. The third-order valence-corrected chi connectivity index (χ3v) is 3.15. The molecule has 1 heterocycles. The van der Waals surface area contributed by atoms with Crippen LogP contribution >= 0.6 is 11.6 Å². The number of carbonyl (C=O) groups excluding carboxylic acids is 1. The van der Waals surface area contributed by atoms with Crippen molar-refractivity contribution in [3.63, 3.8) is 0 Å². The Kier molecular flexibility index (Phi) is 3.57. The maximum absolute atomic E-state index is 13.6. The van der Waals surface area contributed by atoms with Crippen LogP contribution in [0.5, 0.6) is 0 Å². The van der Waals surface area contributed by atoms with Gasteiger partial charge in [0.1, 0.15) is 5.82 Å². The first-order valence-electron chi connectivity index (χ1n) is 5.66. The molecule has 4 nitrogen and oxygen atoms in total. The van der Waals surface area contributed by atoms with E-state index in [0.717, 1.165) is 11.8 Å². The van der Waals surface area contributed by atoms with Crippen molar-refractivity contribution >= 4 is 23.2 Å². The van der Waals surface area contributed by atoms with Crippen LogP contribution in [0.1, 0.15) is 21.7 Å². The van der Waals surface area contributed by atoms with Crippen molar-refractivity contribution in [1.29, 1.82) is 0 Å². The minimum absolute atomic E-state index is 0.0945. The summed E-state index contributed by atoms with van der Waals surface area (Å²) in [6.45, 7) is 3.52. The lowest BCUT2D eigenvalue weighted by Gasteiger charge is -2.07. The Balaban J connectivity index is 2.31. The van der Waals surface area contributed by atoms with E-state index in [1.165, 1.54) is 12.1 Å². The van der Waals surface area contributed by atoms with E-state index in [1.807, 2.05) is 0 Å². The van der Waals surface area contributed by atoms with Crippen molar-refractivity contribution in [1.82, 2.24) is 9.78 Å². The quantitative estimate of drug-likeness (QED) is 0.919. The van der Waals surface area contributed by atoms with Gasteiger partial charge in [-0.05, 0) is 32.0 Å². The highest BCUT2D eigenvalue weighted by molar-refractivity contribution is 6.30. The Morgan fingerprint density at radius 1 is 1.42 bits per heavy atom. The van der Waals surface area contributed by atoms with Gasteiger partial charge < -0.3 is 5.32 Å². The predicted molar refractivity (Wildman–Crippen MR) is 72.0 cm³/mol. The van der Waals surface area contributed by atoms with Crippen molar-refractivity contribution in [2.45, 2.75) is 13.8 Å². The molecule has 0 spiro atoms. The van der Waals surface area contributed by atoms with Crippen molar-refractivity contribution in [2.24, 2.45) is 7.05 Å². The first-order valence-corrected chi connectivity index (χ1v) is 6.04. The maximum atomic E-state index is 13.6. The summed E-state index contributed by atoms with van der Waals surface area (Å²) < 4.78 is 15.2. The van der Waals surface area contributed by atoms with Crippen LogP contribution in [0.15, 0.2) is 18.2 Å². The van der Waals surface area contributed by atoms with Crippen LogP contribution in [0.4, 0.5) is 10.1 Å². The molecule has 0 atom stereocenters. The van der Waals surface area contributed by atoms with E-state index >= 15 is 0 Å².